The van der Waals surface area contributed by atoms with Crippen LogP contribution in [0.2, 0.25) is 0 Å². The lowest BCUT2D eigenvalue weighted by Crippen LogP contribution is -2.21. The number of phenols is 1. The van der Waals surface area contributed by atoms with Crippen LogP contribution in [0, 0.1) is 71.7 Å². The number of terminal acetylenes is 3. The number of ether oxygens (including phenoxy) is 4. The van der Waals surface area contributed by atoms with E-state index in [1.165, 1.54) is 44.0 Å². The van der Waals surface area contributed by atoms with Crippen LogP contribution in [0.5, 0.6) is 28.7 Å². The van der Waals surface area contributed by atoms with E-state index in [9.17, 15) is 5.11 Å². The normalized spacial score (nSPS) is 10.4. The minimum atomic E-state index is 0. The van der Waals surface area contributed by atoms with Gasteiger partial charge in [-0.05, 0) is 209 Å². The quantitative estimate of drug-likeness (QED) is 0.0399. The number of benzene rings is 5. The summed E-state index contributed by atoms with van der Waals surface area (Å²) in [5.74, 6) is 11.4. The molecule has 0 aliphatic heterocycles. The number of nitrogens with one attached hydrogen (secondary N) is 1. The summed E-state index contributed by atoms with van der Waals surface area (Å²) in [4.78, 5) is 30.7. The molecule has 20 heteroatoms. The van der Waals surface area contributed by atoms with Crippen LogP contribution in [0.3, 0.4) is 0 Å². The van der Waals surface area contributed by atoms with Crippen molar-refractivity contribution in [1.29, 1.82) is 0 Å². The maximum Gasteiger partial charge on any atom is 0.369 e. The second-order valence-corrected chi connectivity index (χ2v) is 31.2. The van der Waals surface area contributed by atoms with Crippen LogP contribution in [-0.2, 0) is 32.1 Å². The lowest BCUT2D eigenvalue weighted by Gasteiger charge is -2.16. The lowest BCUT2D eigenvalue weighted by molar-refractivity contribution is 0.381. The highest BCUT2D eigenvalue weighted by Gasteiger charge is 2.16. The van der Waals surface area contributed by atoms with E-state index in [4.69, 9.17) is 38.2 Å². The molecule has 10 rings (SSSR count). The molecule has 101 heavy (non-hydrogen) atoms. The number of hydrogen-bond donors (Lipinski definition) is 2. The molecule has 2 N–H and O–H groups in total. The topological polar surface area (TPSA) is 147 Å². The Kier molecular flexibility index (Phi) is 40.9. The van der Waals surface area contributed by atoms with Gasteiger partial charge >= 0.3 is 3.18 Å². The smallest absolute Gasteiger partial charge is 0.369 e. The molecule has 0 unspecified atom stereocenters. The highest BCUT2D eigenvalue weighted by Crippen LogP contribution is 2.35. The third-order valence-corrected chi connectivity index (χ3v) is 16.4. The van der Waals surface area contributed by atoms with Crippen LogP contribution in [0.4, 0.5) is 0 Å². The highest BCUT2D eigenvalue weighted by molar-refractivity contribution is 9.69. The molecule has 5 heterocycles. The molecule has 0 saturated carbocycles. The monoisotopic (exact) mass is 1620 g/mol. The van der Waals surface area contributed by atoms with Crippen LogP contribution in [-0.4, -0.2) is 182 Å². The summed E-state index contributed by atoms with van der Waals surface area (Å²) in [6.45, 7) is 16.4. The number of likely N-dealkylation sites (N-methyl/N-ethyl adjacent to an activating group) is 5. The predicted molar refractivity (Wildman–Crippen MR) is 444 cm³/mol. The first-order valence-corrected chi connectivity index (χ1v) is 36.7. The second kappa shape index (κ2) is 47.0. The molecule has 0 spiro atoms. The van der Waals surface area contributed by atoms with Crippen molar-refractivity contribution < 1.29 is 24.1 Å². The van der Waals surface area contributed by atoms with Crippen molar-refractivity contribution in [3.8, 4) is 65.8 Å². The number of rotatable bonds is 21. The van der Waals surface area contributed by atoms with Crippen molar-refractivity contribution >= 4 is 121 Å². The fourth-order valence-corrected chi connectivity index (χ4v) is 11.3. The third kappa shape index (κ3) is 27.4. The van der Waals surface area contributed by atoms with Gasteiger partial charge < -0.3 is 39.2 Å². The number of pyridine rings is 5. The number of phenolic OH excluding ortho intramolecular Hbond substituents is 1. The maximum absolute atomic E-state index is 10.0. The summed E-state index contributed by atoms with van der Waals surface area (Å²) in [6.07, 6.45) is 29.2. The lowest BCUT2D eigenvalue weighted by atomic mass is 10.0. The van der Waals surface area contributed by atoms with Crippen molar-refractivity contribution in [3.63, 3.8) is 0 Å². The molecule has 5 aromatic carbocycles. The first-order valence-electron chi connectivity index (χ1n) is 32.8. The van der Waals surface area contributed by atoms with Gasteiger partial charge in [-0.25, -0.2) is 0 Å². The average Bonchev–Trinajstić information content (AvgIpc) is 0.814. The fraction of sp³-hybridized carbons (Fsp3) is 0.370. The predicted octanol–water partition coefficient (Wildman–Crippen LogP) is 16.4. The Balaban J connectivity index is 0.000000319. The Morgan fingerprint density at radius 3 is 0.931 bits per heavy atom. The van der Waals surface area contributed by atoms with Gasteiger partial charge in [0.2, 0.25) is 0 Å². The maximum atomic E-state index is 10.0. The molecule has 5 aromatic heterocycles. The SMILES string of the molecule is BrB(Br)Br.C.C#CCBr.C#CCN(C)CCc1cc(C)c(O)c2ncccc12.C#CCN(C)CCc1cc(C)c(OC)c2ncccc12.CNCCc1cc(C)c(OC)c2ncccc12.COc1c(C)cc(CCN(C)C)c2cccnc12.COc1c(C)cc(CCN(C)C)c2cccnc12. The highest BCUT2D eigenvalue weighted by atomic mass is 79.9. The summed E-state index contributed by atoms with van der Waals surface area (Å²) >= 11 is 12.3. The number of aryl methyl sites for hydroxylation is 5. The number of aromatic nitrogens is 5. The summed E-state index contributed by atoms with van der Waals surface area (Å²) in [7, 11) is 21.2. The first kappa shape index (κ1) is 87.8. The third-order valence-electron chi connectivity index (χ3n) is 16.1. The number of nitrogens with zero attached hydrogens (tertiary/aromatic N) is 9. The minimum Gasteiger partial charge on any atom is -0.505 e. The Morgan fingerprint density at radius 1 is 0.436 bits per heavy atom. The fourth-order valence-electron chi connectivity index (χ4n) is 11.3. The summed E-state index contributed by atoms with van der Waals surface area (Å²) in [5, 5.41) is 19.6. The van der Waals surface area contributed by atoms with Crippen LogP contribution < -0.4 is 24.3 Å². The van der Waals surface area contributed by atoms with Crippen molar-refractivity contribution in [2.75, 3.05) is 129 Å². The standard InChI is InChI=1S/C17H20N2O.C16H18N2O.2C15H20N2O.C14H18N2O.C3H3Br.CH4.BBr3/c1-5-10-19(3)11-8-14-12-13(2)17(20-4)16-15(14)7-6-9-18-16;1-4-9-18(3)10-7-13-11-12(2)16(19)15-14(13)6-5-8-17-15;2*1-11-10-12(7-9-17(2)3)13-6-5-8-16-14(13)15(11)18-4;1-10-9-11(6-8-15-2)12-5-4-7-16-13(12)14(10)17-3;1-2-3-4;;2-1(3)4/h1,6-7,9,12H,8,10-11H2,2-4H3;1,5-6,8,11,19H,7,9-10H2,2-3H3;2*5-6,8,10H,7,9H2,1-4H3;4-5,7,9,15H,6,8H2,1-3H3;1H,3H2;1H4;. The van der Waals surface area contributed by atoms with Gasteiger partial charge in [0.25, 0.3) is 0 Å². The van der Waals surface area contributed by atoms with E-state index in [1.54, 1.807) is 40.8 Å². The number of hydrogen-bond acceptors (Lipinski definition) is 15. The van der Waals surface area contributed by atoms with E-state index in [0.717, 1.165) is 148 Å². The van der Waals surface area contributed by atoms with Crippen LogP contribution in [0.1, 0.15) is 63.1 Å². The number of aromatic hydroxyl groups is 1. The molecule has 0 bridgehead atoms. The summed E-state index contributed by atoms with van der Waals surface area (Å²) in [5.41, 5.74) is 16.4. The molecule has 0 aliphatic carbocycles. The molecule has 0 fully saturated rings. The van der Waals surface area contributed by atoms with E-state index in [-0.39, 0.29) is 16.4 Å². The van der Waals surface area contributed by atoms with E-state index in [2.05, 4.69) is 235 Å². The van der Waals surface area contributed by atoms with E-state index in [0.29, 0.717) is 23.9 Å². The molecule has 0 amide bonds. The van der Waals surface area contributed by atoms with Gasteiger partial charge in [0.05, 0.1) is 46.9 Å². The zero-order valence-electron chi connectivity index (χ0n) is 61.2. The molecule has 15 nitrogen and oxygen atoms in total. The molecule has 0 atom stereocenters. The van der Waals surface area contributed by atoms with Gasteiger partial charge in [-0.2, -0.15) is 0 Å². The Morgan fingerprint density at radius 2 is 0.683 bits per heavy atom. The zero-order chi connectivity index (χ0) is 73.8. The second-order valence-electron chi connectivity index (χ2n) is 24.2. The molecular weight excluding hydrogens is 1520 g/mol. The number of methoxy groups -OCH3 is 4. The zero-order valence-corrected chi connectivity index (χ0v) is 67.5. The van der Waals surface area contributed by atoms with Gasteiger partial charge in [-0.1, -0.05) is 102 Å². The van der Waals surface area contributed by atoms with Crippen LogP contribution in [0.15, 0.2) is 122 Å². The molecule has 10 aromatic rings. The van der Waals surface area contributed by atoms with Gasteiger partial charge in [-0.15, -0.1) is 66.5 Å². The van der Waals surface area contributed by atoms with E-state index in [1.807, 2.05) is 89.1 Å². The van der Waals surface area contributed by atoms with Crippen molar-refractivity contribution in [2.24, 2.45) is 0 Å². The van der Waals surface area contributed by atoms with Gasteiger partial charge in [0.15, 0.2) is 0 Å². The minimum absolute atomic E-state index is 0. The molecular formula is C81H103BBr4N10O5. The van der Waals surface area contributed by atoms with E-state index < -0.39 is 0 Å². The van der Waals surface area contributed by atoms with Gasteiger partial charge in [0, 0.05) is 84.1 Å². The number of alkyl halides is 1. The molecule has 0 aliphatic rings. The average molecular weight is 1630 g/mol. The van der Waals surface area contributed by atoms with Crippen LogP contribution >= 0.6 is 63.2 Å². The first-order chi connectivity index (χ1) is 48.0. The largest absolute Gasteiger partial charge is 0.505 e. The van der Waals surface area contributed by atoms with E-state index >= 15 is 0 Å². The van der Waals surface area contributed by atoms with Gasteiger partial charge in [-0.3, -0.25) is 34.7 Å². The Bertz CT molecular complexity index is 4230. The van der Waals surface area contributed by atoms with Crippen LogP contribution in [0.25, 0.3) is 54.5 Å². The van der Waals surface area contributed by atoms with Gasteiger partial charge in [0.1, 0.15) is 56.3 Å². The Labute approximate surface area is 636 Å². The summed E-state index contributed by atoms with van der Waals surface area (Å²) < 4.78 is 22.1. The number of fused-ring (bicyclic) bond motifs is 5. The molecule has 0 radical (unpaired) electrons. The van der Waals surface area contributed by atoms with Crippen molar-refractivity contribution in [3.05, 3.63) is 178 Å². The van der Waals surface area contributed by atoms with Crippen molar-refractivity contribution in [1.82, 2.24) is 49.8 Å². The Hall–Kier alpha value is -7.39. The molecule has 0 saturated heterocycles. The van der Waals surface area contributed by atoms with Crippen molar-refractivity contribution in [2.45, 2.75) is 74.1 Å². The molecule has 538 valence electrons. The summed E-state index contributed by atoms with van der Waals surface area (Å²) in [6, 6.07) is 31.1. The number of halogens is 4.